The van der Waals surface area contributed by atoms with E-state index in [1.54, 1.807) is 6.07 Å². The Hall–Kier alpha value is -2.13. The zero-order chi connectivity index (χ0) is 25.1. The minimum absolute atomic E-state index is 0.0674. The number of aliphatic hydroxyl groups excluding tert-OH is 2. The maximum absolute atomic E-state index is 12.9. The first kappa shape index (κ1) is 28.1. The lowest BCUT2D eigenvalue weighted by Crippen LogP contribution is -2.22. The molecule has 2 unspecified atom stereocenters. The molecule has 1 aliphatic rings. The number of nitrogens with zero attached hydrogens (tertiary/aromatic N) is 1. The lowest BCUT2D eigenvalue weighted by atomic mass is 9.84. The molecule has 4 atom stereocenters. The van der Waals surface area contributed by atoms with E-state index in [0.29, 0.717) is 49.8 Å². The lowest BCUT2D eigenvalue weighted by Gasteiger charge is -2.23. The van der Waals surface area contributed by atoms with Gasteiger partial charge in [-0.05, 0) is 56.1 Å². The Morgan fingerprint density at radius 2 is 1.91 bits per heavy atom. The summed E-state index contributed by atoms with van der Waals surface area (Å²) in [6, 6.07) is 5.12. The van der Waals surface area contributed by atoms with Crippen LogP contribution >= 0.6 is 0 Å². The van der Waals surface area contributed by atoms with E-state index in [-0.39, 0.29) is 17.8 Å². The minimum atomic E-state index is -4.39. The van der Waals surface area contributed by atoms with Crippen molar-refractivity contribution in [1.29, 1.82) is 0 Å². The molecule has 0 aromatic heterocycles. The molecule has 9 heteroatoms. The number of hydrogen-bond donors (Lipinski definition) is 3. The van der Waals surface area contributed by atoms with Gasteiger partial charge < -0.3 is 20.2 Å². The molecule has 1 aromatic rings. The highest BCUT2D eigenvalue weighted by atomic mass is 19.4. The summed E-state index contributed by atoms with van der Waals surface area (Å²) >= 11 is 0. The zero-order valence-electron chi connectivity index (χ0n) is 19.6. The first-order valence-corrected chi connectivity index (χ1v) is 12.0. The Morgan fingerprint density at radius 3 is 2.59 bits per heavy atom. The van der Waals surface area contributed by atoms with Crippen LogP contribution in [0.4, 0.5) is 13.2 Å². The first-order valence-electron chi connectivity index (χ1n) is 12.0. The number of methoxy groups -OCH3 is 1. The van der Waals surface area contributed by atoms with Crippen LogP contribution < -0.4 is 0 Å². The van der Waals surface area contributed by atoms with Crippen LogP contribution in [-0.2, 0) is 22.1 Å². The molecular formula is C25H36F3NO5. The van der Waals surface area contributed by atoms with Crippen molar-refractivity contribution in [2.75, 3.05) is 7.11 Å². The Morgan fingerprint density at radius 1 is 1.18 bits per heavy atom. The number of unbranched alkanes of at least 4 members (excludes halogenated alkanes) is 3. The number of ether oxygens (including phenoxy) is 1. The number of alkyl halides is 3. The maximum atomic E-state index is 12.9. The maximum Gasteiger partial charge on any atom is 0.416 e. The largest absolute Gasteiger partial charge is 0.469 e. The average molecular weight is 488 g/mol. The number of halogens is 3. The molecule has 0 heterocycles. The summed E-state index contributed by atoms with van der Waals surface area (Å²) in [6.07, 6.45) is 0.771. The number of hydrogen-bond acceptors (Lipinski definition) is 6. The highest BCUT2D eigenvalue weighted by Gasteiger charge is 2.39. The summed E-state index contributed by atoms with van der Waals surface area (Å²) < 4.78 is 43.2. The van der Waals surface area contributed by atoms with Crippen LogP contribution in [0.5, 0.6) is 0 Å². The smallest absolute Gasteiger partial charge is 0.416 e. The average Bonchev–Trinajstić information content (AvgIpc) is 3.12. The van der Waals surface area contributed by atoms with Gasteiger partial charge in [0.25, 0.3) is 0 Å². The second-order valence-electron chi connectivity index (χ2n) is 9.13. The van der Waals surface area contributed by atoms with Crippen LogP contribution in [0.2, 0.25) is 0 Å². The van der Waals surface area contributed by atoms with Gasteiger partial charge in [0.1, 0.15) is 0 Å². The van der Waals surface area contributed by atoms with Gasteiger partial charge in [0.05, 0.1) is 30.6 Å². The third-order valence-electron chi connectivity index (χ3n) is 6.71. The van der Waals surface area contributed by atoms with E-state index in [0.717, 1.165) is 44.2 Å². The molecule has 6 nitrogen and oxygen atoms in total. The van der Waals surface area contributed by atoms with E-state index in [1.165, 1.54) is 13.2 Å². The van der Waals surface area contributed by atoms with E-state index in [2.05, 4.69) is 9.89 Å². The third kappa shape index (κ3) is 8.91. The van der Waals surface area contributed by atoms with Crippen molar-refractivity contribution in [3.63, 3.8) is 0 Å². The molecule has 192 valence electrons. The van der Waals surface area contributed by atoms with Crippen LogP contribution in [0.25, 0.3) is 0 Å². The Bertz CT molecular complexity index is 799. The van der Waals surface area contributed by atoms with Gasteiger partial charge in [0.15, 0.2) is 0 Å². The molecule has 1 aliphatic carbocycles. The fourth-order valence-corrected chi connectivity index (χ4v) is 4.78. The van der Waals surface area contributed by atoms with E-state index in [9.17, 15) is 33.4 Å². The number of esters is 1. The van der Waals surface area contributed by atoms with E-state index in [4.69, 9.17) is 0 Å². The molecule has 0 spiro atoms. The van der Waals surface area contributed by atoms with Gasteiger partial charge in [-0.2, -0.15) is 13.2 Å². The van der Waals surface area contributed by atoms with Crippen molar-refractivity contribution in [3.05, 3.63) is 35.4 Å². The normalized spacial score (nSPS) is 22.8. The van der Waals surface area contributed by atoms with Crippen molar-refractivity contribution >= 4 is 11.7 Å². The summed E-state index contributed by atoms with van der Waals surface area (Å²) in [5.74, 6) is -0.429. The van der Waals surface area contributed by atoms with Crippen LogP contribution in [0, 0.1) is 11.8 Å². The Kier molecular flexibility index (Phi) is 11.3. The topological polar surface area (TPSA) is 99.4 Å². The molecule has 0 bridgehead atoms. The highest BCUT2D eigenvalue weighted by molar-refractivity contribution is 5.89. The van der Waals surface area contributed by atoms with Crippen LogP contribution in [0.3, 0.4) is 0 Å². The van der Waals surface area contributed by atoms with Gasteiger partial charge in [0, 0.05) is 18.8 Å². The second-order valence-corrected chi connectivity index (χ2v) is 9.13. The molecule has 0 aliphatic heterocycles. The standard InChI is InChI=1S/C25H36F3NO5/c1-34-24(32)10-5-3-2-4-9-21-20(22(29-33)16-23(21)31)14-13-19(30)12-11-17-7-6-8-18(15-17)25(26,27)28/h6-8,15,19-21,23,30-31,33H,2-5,9-14,16H2,1H3/b29-22+/t19-,20?,21?,23-/m0/s1. The number of rotatable bonds is 13. The Labute approximate surface area is 198 Å². The molecule has 1 fully saturated rings. The number of aliphatic hydroxyl groups is 2. The number of carbonyl (C=O) groups is 1. The van der Waals surface area contributed by atoms with Crippen molar-refractivity contribution in [3.8, 4) is 0 Å². The number of aryl methyl sites for hydroxylation is 1. The number of benzene rings is 1. The van der Waals surface area contributed by atoms with E-state index in [1.807, 2.05) is 0 Å². The lowest BCUT2D eigenvalue weighted by molar-refractivity contribution is -0.140. The first-order chi connectivity index (χ1) is 16.2. The van der Waals surface area contributed by atoms with Crippen molar-refractivity contribution < 1.29 is 38.1 Å². The molecule has 34 heavy (non-hydrogen) atoms. The number of carbonyl (C=O) groups excluding carboxylic acids is 1. The van der Waals surface area contributed by atoms with E-state index < -0.39 is 23.9 Å². The predicted molar refractivity (Wildman–Crippen MR) is 122 cm³/mol. The number of oxime groups is 1. The summed E-state index contributed by atoms with van der Waals surface area (Å²) in [5.41, 5.74) is 0.359. The molecule has 2 rings (SSSR count). The molecule has 1 saturated carbocycles. The van der Waals surface area contributed by atoms with Gasteiger partial charge in [-0.25, -0.2) is 0 Å². The Balaban J connectivity index is 1.80. The van der Waals surface area contributed by atoms with Crippen LogP contribution in [-0.4, -0.2) is 46.4 Å². The molecule has 3 N–H and O–H groups in total. The van der Waals surface area contributed by atoms with Gasteiger partial charge in [-0.3, -0.25) is 4.79 Å². The van der Waals surface area contributed by atoms with Gasteiger partial charge in [-0.15, -0.1) is 0 Å². The van der Waals surface area contributed by atoms with Crippen molar-refractivity contribution in [1.82, 2.24) is 0 Å². The third-order valence-corrected chi connectivity index (χ3v) is 6.71. The fourth-order valence-electron chi connectivity index (χ4n) is 4.78. The second kappa shape index (κ2) is 13.7. The van der Waals surface area contributed by atoms with Gasteiger partial charge >= 0.3 is 12.1 Å². The van der Waals surface area contributed by atoms with E-state index >= 15 is 0 Å². The molecular weight excluding hydrogens is 451 g/mol. The predicted octanol–water partition coefficient (Wildman–Crippen LogP) is 5.12. The quantitative estimate of drug-likeness (QED) is 0.155. The monoisotopic (exact) mass is 487 g/mol. The summed E-state index contributed by atoms with van der Waals surface area (Å²) in [4.78, 5) is 11.2. The SMILES string of the molecule is COC(=O)CCCCCCC1C(CC[C@@H](O)CCc2cccc(C(F)(F)F)c2)/C(=N/O)C[C@@H]1O. The summed E-state index contributed by atoms with van der Waals surface area (Å²) in [5, 5.41) is 33.6. The minimum Gasteiger partial charge on any atom is -0.469 e. The fraction of sp³-hybridized carbons (Fsp3) is 0.680. The molecule has 0 amide bonds. The van der Waals surface area contributed by atoms with Crippen molar-refractivity contribution in [2.45, 2.75) is 89.0 Å². The molecule has 1 aromatic carbocycles. The molecule has 0 radical (unpaired) electrons. The van der Waals surface area contributed by atoms with Gasteiger partial charge in [0.2, 0.25) is 0 Å². The van der Waals surface area contributed by atoms with Crippen LogP contribution in [0.15, 0.2) is 29.4 Å². The van der Waals surface area contributed by atoms with Gasteiger partial charge in [-0.1, -0.05) is 42.6 Å². The zero-order valence-corrected chi connectivity index (χ0v) is 19.6. The molecule has 0 saturated heterocycles. The van der Waals surface area contributed by atoms with Crippen molar-refractivity contribution in [2.24, 2.45) is 17.0 Å². The van der Waals surface area contributed by atoms with Crippen LogP contribution in [0.1, 0.15) is 75.3 Å². The highest BCUT2D eigenvalue weighted by Crippen LogP contribution is 2.37. The summed E-state index contributed by atoms with van der Waals surface area (Å²) in [6.45, 7) is 0. The summed E-state index contributed by atoms with van der Waals surface area (Å²) in [7, 11) is 1.37.